The molecule has 1 rings (SSSR count). The minimum absolute atomic E-state index is 0.116. The summed E-state index contributed by atoms with van der Waals surface area (Å²) >= 11 is 1.83. The lowest BCUT2D eigenvalue weighted by molar-refractivity contribution is 0.562. The molecule has 3 nitrogen and oxygen atoms in total. The van der Waals surface area contributed by atoms with Gasteiger partial charge in [0, 0.05) is 30.4 Å². The maximum atomic E-state index is 4.88. The van der Waals surface area contributed by atoms with E-state index in [4.69, 9.17) is 4.98 Å². The Morgan fingerprint density at radius 1 is 1.26 bits per heavy atom. The topological polar surface area (TPSA) is 28.2 Å². The van der Waals surface area contributed by atoms with Crippen molar-refractivity contribution in [2.24, 2.45) is 0 Å². The van der Waals surface area contributed by atoms with Crippen LogP contribution in [0.1, 0.15) is 57.5 Å². The van der Waals surface area contributed by atoms with Crippen molar-refractivity contribution < 1.29 is 0 Å². The molecule has 110 valence electrons. The van der Waals surface area contributed by atoms with Crippen LogP contribution in [-0.2, 0) is 12.0 Å². The molecule has 0 saturated heterocycles. The number of rotatable bonds is 7. The van der Waals surface area contributed by atoms with Crippen LogP contribution in [0.2, 0.25) is 0 Å². The highest BCUT2D eigenvalue weighted by Crippen LogP contribution is 2.33. The summed E-state index contributed by atoms with van der Waals surface area (Å²) in [5, 5.41) is 4.41. The Balaban J connectivity index is 2.85. The summed E-state index contributed by atoms with van der Waals surface area (Å²) in [5.41, 5.74) is 1.36. The summed E-state index contributed by atoms with van der Waals surface area (Å²) in [6, 6.07) is 0. The van der Waals surface area contributed by atoms with Gasteiger partial charge in [0.1, 0.15) is 0 Å². The molecule has 1 aromatic rings. The molecule has 0 aliphatic heterocycles. The van der Waals surface area contributed by atoms with Gasteiger partial charge in [-0.15, -0.1) is 11.3 Å². The molecular weight excluding hydrogens is 254 g/mol. The van der Waals surface area contributed by atoms with E-state index in [2.05, 4.69) is 45.0 Å². The summed E-state index contributed by atoms with van der Waals surface area (Å²) < 4.78 is 0. The predicted octanol–water partition coefficient (Wildman–Crippen LogP) is 3.79. The fourth-order valence-electron chi connectivity index (χ4n) is 2.06. The number of hydrogen-bond donors (Lipinski definition) is 1. The van der Waals surface area contributed by atoms with E-state index in [1.807, 2.05) is 18.4 Å². The van der Waals surface area contributed by atoms with Crippen LogP contribution < -0.4 is 10.2 Å². The first-order valence-electron chi connectivity index (χ1n) is 7.26. The molecule has 4 heteroatoms. The van der Waals surface area contributed by atoms with E-state index >= 15 is 0 Å². The Morgan fingerprint density at radius 2 is 1.95 bits per heavy atom. The second kappa shape index (κ2) is 7.25. The van der Waals surface area contributed by atoms with E-state index in [-0.39, 0.29) is 5.41 Å². The molecule has 0 saturated carbocycles. The molecule has 0 bridgehead atoms. The fraction of sp³-hybridized carbons (Fsp3) is 0.800. The van der Waals surface area contributed by atoms with Gasteiger partial charge in [0.05, 0.1) is 5.69 Å². The SMILES string of the molecule is CCCCCN(C)c1nc(C(C)(C)C)c(CNC)s1. The standard InChI is InChI=1S/C15H29N3S/c1-7-8-9-10-18(6)14-17-13(15(2,3)4)12(19-14)11-16-5/h16H,7-11H2,1-6H3. The first kappa shape index (κ1) is 16.4. The highest BCUT2D eigenvalue weighted by Gasteiger charge is 2.23. The van der Waals surface area contributed by atoms with Gasteiger partial charge in [-0.05, 0) is 13.5 Å². The van der Waals surface area contributed by atoms with Crippen molar-refractivity contribution in [2.45, 2.75) is 58.9 Å². The van der Waals surface area contributed by atoms with Crippen LogP contribution in [0.15, 0.2) is 0 Å². The molecule has 0 atom stereocenters. The molecule has 1 N–H and O–H groups in total. The summed E-state index contributed by atoms with van der Waals surface area (Å²) in [7, 11) is 4.15. The Kier molecular flexibility index (Phi) is 6.27. The summed E-state index contributed by atoms with van der Waals surface area (Å²) in [5.74, 6) is 0. The Labute approximate surface area is 122 Å². The third-order valence-corrected chi connectivity index (χ3v) is 4.33. The van der Waals surface area contributed by atoms with Crippen molar-refractivity contribution in [3.8, 4) is 0 Å². The zero-order chi connectivity index (χ0) is 14.5. The minimum atomic E-state index is 0.116. The molecule has 0 unspecified atom stereocenters. The molecule has 0 aliphatic carbocycles. The summed E-state index contributed by atoms with van der Waals surface area (Å²) in [4.78, 5) is 8.55. The quantitative estimate of drug-likeness (QED) is 0.772. The maximum Gasteiger partial charge on any atom is 0.185 e. The van der Waals surface area contributed by atoms with Gasteiger partial charge in [0.15, 0.2) is 5.13 Å². The average molecular weight is 283 g/mol. The van der Waals surface area contributed by atoms with Gasteiger partial charge in [0.2, 0.25) is 0 Å². The Morgan fingerprint density at radius 3 is 2.47 bits per heavy atom. The van der Waals surface area contributed by atoms with Crippen molar-refractivity contribution in [1.82, 2.24) is 10.3 Å². The Hall–Kier alpha value is -0.610. The van der Waals surface area contributed by atoms with Gasteiger partial charge in [-0.25, -0.2) is 4.98 Å². The van der Waals surface area contributed by atoms with Gasteiger partial charge in [-0.1, -0.05) is 40.5 Å². The van der Waals surface area contributed by atoms with Crippen LogP contribution in [0, 0.1) is 0 Å². The van der Waals surface area contributed by atoms with Crippen LogP contribution in [0.25, 0.3) is 0 Å². The normalized spacial score (nSPS) is 11.9. The highest BCUT2D eigenvalue weighted by atomic mass is 32.1. The first-order chi connectivity index (χ1) is 8.90. The van der Waals surface area contributed by atoms with Crippen molar-refractivity contribution in [3.05, 3.63) is 10.6 Å². The maximum absolute atomic E-state index is 4.88. The van der Waals surface area contributed by atoms with Crippen LogP contribution in [0.3, 0.4) is 0 Å². The molecular formula is C15H29N3S. The molecule has 0 aromatic carbocycles. The number of anilines is 1. The van der Waals surface area contributed by atoms with Crippen LogP contribution in [0.5, 0.6) is 0 Å². The monoisotopic (exact) mass is 283 g/mol. The van der Waals surface area contributed by atoms with Gasteiger partial charge in [-0.3, -0.25) is 0 Å². The van der Waals surface area contributed by atoms with E-state index in [0.717, 1.165) is 18.2 Å². The molecule has 0 fully saturated rings. The molecule has 1 heterocycles. The molecule has 0 aliphatic rings. The number of hydrogen-bond acceptors (Lipinski definition) is 4. The number of unbranched alkanes of at least 4 members (excludes halogenated alkanes) is 2. The molecule has 0 radical (unpaired) electrons. The van der Waals surface area contributed by atoms with Crippen LogP contribution >= 0.6 is 11.3 Å². The number of thiazole rings is 1. The van der Waals surface area contributed by atoms with Crippen molar-refractivity contribution in [3.63, 3.8) is 0 Å². The van der Waals surface area contributed by atoms with E-state index in [9.17, 15) is 0 Å². The lowest BCUT2D eigenvalue weighted by Crippen LogP contribution is -2.19. The number of nitrogens with zero attached hydrogens (tertiary/aromatic N) is 2. The second-order valence-corrected chi connectivity index (χ2v) is 7.24. The van der Waals surface area contributed by atoms with E-state index in [1.54, 1.807) is 0 Å². The largest absolute Gasteiger partial charge is 0.351 e. The van der Waals surface area contributed by atoms with E-state index < -0.39 is 0 Å². The fourth-order valence-corrected chi connectivity index (χ4v) is 3.33. The predicted molar refractivity (Wildman–Crippen MR) is 86.4 cm³/mol. The van der Waals surface area contributed by atoms with Crippen molar-refractivity contribution in [2.75, 3.05) is 25.5 Å². The molecule has 0 spiro atoms. The van der Waals surface area contributed by atoms with E-state index in [0.29, 0.717) is 0 Å². The first-order valence-corrected chi connectivity index (χ1v) is 8.07. The van der Waals surface area contributed by atoms with Crippen LogP contribution in [-0.4, -0.2) is 25.6 Å². The van der Waals surface area contributed by atoms with Gasteiger partial charge >= 0.3 is 0 Å². The van der Waals surface area contributed by atoms with Crippen LogP contribution in [0.4, 0.5) is 5.13 Å². The minimum Gasteiger partial charge on any atom is -0.351 e. The number of aromatic nitrogens is 1. The van der Waals surface area contributed by atoms with E-state index in [1.165, 1.54) is 29.8 Å². The Bertz CT molecular complexity index is 379. The molecule has 0 amide bonds. The smallest absolute Gasteiger partial charge is 0.185 e. The van der Waals surface area contributed by atoms with Crippen molar-refractivity contribution in [1.29, 1.82) is 0 Å². The van der Waals surface area contributed by atoms with Gasteiger partial charge in [0.25, 0.3) is 0 Å². The second-order valence-electron chi connectivity index (χ2n) is 6.18. The van der Waals surface area contributed by atoms with Gasteiger partial charge in [-0.2, -0.15) is 0 Å². The highest BCUT2D eigenvalue weighted by molar-refractivity contribution is 7.15. The average Bonchev–Trinajstić information content (AvgIpc) is 2.73. The zero-order valence-electron chi connectivity index (χ0n) is 13.3. The summed E-state index contributed by atoms with van der Waals surface area (Å²) in [6.07, 6.45) is 3.81. The lowest BCUT2D eigenvalue weighted by atomic mass is 9.91. The van der Waals surface area contributed by atoms with Gasteiger partial charge < -0.3 is 10.2 Å². The molecule has 1 aromatic heterocycles. The zero-order valence-corrected chi connectivity index (χ0v) is 14.2. The summed E-state index contributed by atoms with van der Waals surface area (Å²) in [6.45, 7) is 11.0. The van der Waals surface area contributed by atoms with Crippen molar-refractivity contribution >= 4 is 16.5 Å². The number of nitrogens with one attached hydrogen (secondary N) is 1. The third kappa shape index (κ3) is 4.77. The lowest BCUT2D eigenvalue weighted by Gasteiger charge is -2.18. The third-order valence-electron chi connectivity index (χ3n) is 3.16. The molecule has 19 heavy (non-hydrogen) atoms.